The van der Waals surface area contributed by atoms with Crippen LogP contribution >= 0.6 is 0 Å². The zero-order valence-electron chi connectivity index (χ0n) is 10.8. The summed E-state index contributed by atoms with van der Waals surface area (Å²) in [7, 11) is -24.7. The van der Waals surface area contributed by atoms with Crippen LogP contribution < -0.4 is 0 Å². The Bertz CT molecular complexity index is 750. The van der Waals surface area contributed by atoms with Crippen molar-refractivity contribution in [1.29, 1.82) is 0 Å². The molecule has 0 unspecified atom stereocenters. The van der Waals surface area contributed by atoms with E-state index in [9.17, 15) is 33.7 Å². The highest BCUT2D eigenvalue weighted by Crippen LogP contribution is 2.43. The molecule has 4 N–H and O–H groups in total. The summed E-state index contributed by atoms with van der Waals surface area (Å²) < 4.78 is 118. The molecule has 0 saturated heterocycles. The average Bonchev–Trinajstić information content (AvgIpc) is 2.16. The lowest BCUT2D eigenvalue weighted by Gasteiger charge is -2.30. The molecule has 0 aliphatic carbocycles. The zero-order valence-corrected chi connectivity index (χ0v) is 14.1. The normalized spacial score (nSPS) is 15.2. The van der Waals surface area contributed by atoms with Crippen LogP contribution in [-0.4, -0.2) is 56.0 Å². The molecule has 0 aromatic rings. The van der Waals surface area contributed by atoms with Crippen molar-refractivity contribution in [3.05, 3.63) is 4.58 Å². The van der Waals surface area contributed by atoms with Crippen molar-refractivity contribution in [3.8, 4) is 0 Å². The van der Waals surface area contributed by atoms with Crippen LogP contribution in [-0.2, 0) is 40.5 Å². The third-order valence-corrected chi connectivity index (χ3v) is 9.63. The molecule has 133 valence electrons. The first-order chi connectivity index (χ1) is 9.43. The molecular weight excluding hydrogens is 392 g/mol. The van der Waals surface area contributed by atoms with Gasteiger partial charge < -0.3 is 0 Å². The third-order valence-electron chi connectivity index (χ3n) is 2.47. The standard InChI is InChI=1S/C6H13O12S4/c1-2-3-4-6(21(13,14)15,22(16,17)18)5(19(7,8)9)20(10,11)12/h2-4H2,1H3,(H,7,8,9)(H,10,11,12)(H,13,14,15)(H,16,17,18). The number of hydrogen-bond acceptors (Lipinski definition) is 8. The summed E-state index contributed by atoms with van der Waals surface area (Å²) in [6, 6.07) is 0. The van der Waals surface area contributed by atoms with Crippen LogP contribution in [0.4, 0.5) is 0 Å². The van der Waals surface area contributed by atoms with Gasteiger partial charge in [-0.1, -0.05) is 19.8 Å². The van der Waals surface area contributed by atoms with Gasteiger partial charge in [-0.15, -0.1) is 0 Å². The van der Waals surface area contributed by atoms with Crippen molar-refractivity contribution < 1.29 is 51.9 Å². The van der Waals surface area contributed by atoms with E-state index in [2.05, 4.69) is 0 Å². The van der Waals surface area contributed by atoms with Gasteiger partial charge in [-0.2, -0.15) is 33.7 Å². The lowest BCUT2D eigenvalue weighted by atomic mass is 10.2. The Hall–Kier alpha value is -0.360. The van der Waals surface area contributed by atoms with Crippen LogP contribution in [0.25, 0.3) is 0 Å². The lowest BCUT2D eigenvalue weighted by Crippen LogP contribution is -2.55. The quantitative estimate of drug-likeness (QED) is 0.354. The van der Waals surface area contributed by atoms with Crippen LogP contribution in [0.15, 0.2) is 0 Å². The molecule has 0 aliphatic heterocycles. The Morgan fingerprint density at radius 2 is 1.09 bits per heavy atom. The Balaban J connectivity index is 7.18. The smallest absolute Gasteiger partial charge is 0.284 e. The van der Waals surface area contributed by atoms with Crippen LogP contribution in [0.3, 0.4) is 0 Å². The Labute approximate surface area is 127 Å². The molecule has 12 nitrogen and oxygen atoms in total. The van der Waals surface area contributed by atoms with Crippen LogP contribution in [0.1, 0.15) is 26.2 Å². The third kappa shape index (κ3) is 4.13. The van der Waals surface area contributed by atoms with E-state index < -0.39 is 62.0 Å². The van der Waals surface area contributed by atoms with Crippen molar-refractivity contribution in [2.45, 2.75) is 30.3 Å². The summed E-state index contributed by atoms with van der Waals surface area (Å²) in [6.45, 7) is 1.35. The molecule has 0 aromatic carbocycles. The highest BCUT2D eigenvalue weighted by Gasteiger charge is 2.70. The minimum atomic E-state index is -6.18. The van der Waals surface area contributed by atoms with Crippen molar-refractivity contribution >= 4 is 40.5 Å². The fourth-order valence-corrected chi connectivity index (χ4v) is 8.51. The van der Waals surface area contributed by atoms with Gasteiger partial charge in [0.1, 0.15) is 0 Å². The Kier molecular flexibility index (Phi) is 6.17. The Morgan fingerprint density at radius 3 is 1.27 bits per heavy atom. The molecule has 0 aromatic heterocycles. The van der Waals surface area contributed by atoms with E-state index in [-0.39, 0.29) is 6.42 Å². The Morgan fingerprint density at radius 1 is 0.773 bits per heavy atom. The second kappa shape index (κ2) is 6.27. The predicted molar refractivity (Wildman–Crippen MR) is 71.7 cm³/mol. The lowest BCUT2D eigenvalue weighted by molar-refractivity contribution is 0.406. The molecular formula is C6H13O12S4. The van der Waals surface area contributed by atoms with Gasteiger partial charge in [0.05, 0.1) is 0 Å². The first-order valence-electron chi connectivity index (χ1n) is 5.19. The maximum absolute atomic E-state index is 11.4. The van der Waals surface area contributed by atoms with Crippen molar-refractivity contribution in [3.63, 3.8) is 0 Å². The summed E-state index contributed by atoms with van der Waals surface area (Å²) in [5.41, 5.74) is 0. The monoisotopic (exact) mass is 405 g/mol. The minimum absolute atomic E-state index is 0.0307. The van der Waals surface area contributed by atoms with Gasteiger partial charge in [-0.3, -0.25) is 18.2 Å². The summed E-state index contributed by atoms with van der Waals surface area (Å²) in [6.07, 6.45) is -2.01. The van der Waals surface area contributed by atoms with E-state index in [1.54, 1.807) is 0 Å². The van der Waals surface area contributed by atoms with Gasteiger partial charge in [0.2, 0.25) is 0 Å². The molecule has 16 heteroatoms. The summed E-state index contributed by atoms with van der Waals surface area (Å²) >= 11 is 0. The molecule has 0 heterocycles. The van der Waals surface area contributed by atoms with Gasteiger partial charge in [-0.05, 0) is 6.42 Å². The highest BCUT2D eigenvalue weighted by atomic mass is 32.3. The predicted octanol–water partition coefficient (Wildman–Crippen LogP) is -1.09. The van der Waals surface area contributed by atoms with Gasteiger partial charge >= 0.3 is 4.58 Å². The van der Waals surface area contributed by atoms with Crippen molar-refractivity contribution in [2.75, 3.05) is 0 Å². The zero-order chi connectivity index (χ0) is 18.2. The van der Waals surface area contributed by atoms with Gasteiger partial charge in [-0.25, -0.2) is 0 Å². The van der Waals surface area contributed by atoms with E-state index in [1.807, 2.05) is 0 Å². The van der Waals surface area contributed by atoms with E-state index in [0.29, 0.717) is 0 Å². The summed E-state index contributed by atoms with van der Waals surface area (Å²) in [5.74, 6) is 0. The average molecular weight is 405 g/mol. The minimum Gasteiger partial charge on any atom is -0.284 e. The first kappa shape index (κ1) is 21.6. The second-order valence-corrected chi connectivity index (χ2v) is 10.6. The maximum Gasteiger partial charge on any atom is 0.301 e. The fraction of sp³-hybridized carbons (Fsp3) is 0.833. The van der Waals surface area contributed by atoms with Crippen LogP contribution in [0, 0.1) is 4.58 Å². The summed E-state index contributed by atoms with van der Waals surface area (Å²) in [5, 5.41) is 0. The number of hydrogen-bond donors (Lipinski definition) is 4. The van der Waals surface area contributed by atoms with Crippen molar-refractivity contribution in [1.82, 2.24) is 0 Å². The maximum atomic E-state index is 11.4. The molecule has 0 atom stereocenters. The van der Waals surface area contributed by atoms with E-state index in [1.165, 1.54) is 6.92 Å². The molecule has 0 rings (SSSR count). The molecule has 22 heavy (non-hydrogen) atoms. The van der Waals surface area contributed by atoms with E-state index >= 15 is 0 Å². The molecule has 0 bridgehead atoms. The SMILES string of the molecule is CCCCC([C](S(=O)(=O)O)S(=O)(=O)O)(S(=O)(=O)O)S(=O)(=O)O. The fourth-order valence-electron chi connectivity index (χ4n) is 1.64. The van der Waals surface area contributed by atoms with E-state index in [4.69, 9.17) is 18.2 Å². The molecule has 1 radical (unpaired) electrons. The topological polar surface area (TPSA) is 217 Å². The van der Waals surface area contributed by atoms with Gasteiger partial charge in [0.25, 0.3) is 44.6 Å². The first-order valence-corrected chi connectivity index (χ1v) is 11.0. The largest absolute Gasteiger partial charge is 0.301 e. The molecule has 0 amide bonds. The van der Waals surface area contributed by atoms with E-state index in [0.717, 1.165) is 0 Å². The van der Waals surface area contributed by atoms with Crippen LogP contribution in [0.5, 0.6) is 0 Å². The number of rotatable bonds is 8. The summed E-state index contributed by atoms with van der Waals surface area (Å²) in [4.78, 5) is 0. The van der Waals surface area contributed by atoms with Crippen molar-refractivity contribution in [2.24, 2.45) is 0 Å². The highest BCUT2D eigenvalue weighted by molar-refractivity contribution is 8.14. The molecule has 0 spiro atoms. The second-order valence-electron chi connectivity index (χ2n) is 4.04. The molecule has 0 saturated carbocycles. The molecule has 0 fully saturated rings. The number of unbranched alkanes of at least 4 members (excludes halogenated alkanes) is 1. The van der Waals surface area contributed by atoms with Crippen LogP contribution in [0.2, 0.25) is 0 Å². The molecule has 0 aliphatic rings. The van der Waals surface area contributed by atoms with Gasteiger partial charge in [0, 0.05) is 0 Å². The van der Waals surface area contributed by atoms with Gasteiger partial charge in [0.15, 0.2) is 0 Å².